The summed E-state index contributed by atoms with van der Waals surface area (Å²) in [5.41, 5.74) is 4.44. The zero-order valence-electron chi connectivity index (χ0n) is 14.1. The molecule has 0 spiro atoms. The SMILES string of the molecule is CCOC(=O)CC1c2cc(C)c(C)cc2C(=O)N1c1ccncc1. The van der Waals surface area contributed by atoms with E-state index in [1.54, 1.807) is 36.4 Å². The van der Waals surface area contributed by atoms with Gasteiger partial charge in [-0.25, -0.2) is 0 Å². The third-order valence-electron chi connectivity index (χ3n) is 4.39. The minimum atomic E-state index is -0.353. The van der Waals surface area contributed by atoms with Crippen molar-refractivity contribution in [1.29, 1.82) is 0 Å². The van der Waals surface area contributed by atoms with E-state index in [9.17, 15) is 9.59 Å². The summed E-state index contributed by atoms with van der Waals surface area (Å²) in [5.74, 6) is -0.394. The Bertz CT molecular complexity index is 787. The predicted molar refractivity (Wildman–Crippen MR) is 91.0 cm³/mol. The summed E-state index contributed by atoms with van der Waals surface area (Å²) in [4.78, 5) is 30.7. The minimum Gasteiger partial charge on any atom is -0.466 e. The molecule has 1 amide bonds. The summed E-state index contributed by atoms with van der Waals surface area (Å²) in [7, 11) is 0. The Morgan fingerprint density at radius 2 is 1.88 bits per heavy atom. The van der Waals surface area contributed by atoms with Crippen molar-refractivity contribution in [2.24, 2.45) is 0 Å². The molecule has 24 heavy (non-hydrogen) atoms. The molecular weight excluding hydrogens is 304 g/mol. The van der Waals surface area contributed by atoms with E-state index in [2.05, 4.69) is 4.98 Å². The monoisotopic (exact) mass is 324 g/mol. The summed E-state index contributed by atoms with van der Waals surface area (Å²) in [6.45, 7) is 6.10. The van der Waals surface area contributed by atoms with Crippen molar-refractivity contribution in [1.82, 2.24) is 4.98 Å². The molecule has 1 aromatic heterocycles. The first kappa shape index (κ1) is 16.2. The van der Waals surface area contributed by atoms with E-state index in [1.165, 1.54) is 0 Å². The molecule has 1 aliphatic heterocycles. The van der Waals surface area contributed by atoms with Gasteiger partial charge in [0.25, 0.3) is 5.91 Å². The lowest BCUT2D eigenvalue weighted by Crippen LogP contribution is -2.29. The highest BCUT2D eigenvalue weighted by Crippen LogP contribution is 2.40. The van der Waals surface area contributed by atoms with Gasteiger partial charge in [-0.15, -0.1) is 0 Å². The lowest BCUT2D eigenvalue weighted by Gasteiger charge is -2.24. The van der Waals surface area contributed by atoms with Gasteiger partial charge >= 0.3 is 5.97 Å². The molecule has 5 nitrogen and oxygen atoms in total. The van der Waals surface area contributed by atoms with Crippen LogP contribution < -0.4 is 4.90 Å². The second kappa shape index (κ2) is 6.43. The number of aryl methyl sites for hydroxylation is 2. The van der Waals surface area contributed by atoms with Crippen LogP contribution in [-0.2, 0) is 9.53 Å². The van der Waals surface area contributed by atoms with E-state index in [4.69, 9.17) is 4.74 Å². The first-order valence-corrected chi connectivity index (χ1v) is 8.03. The standard InChI is InChI=1S/C19H20N2O3/c1-4-24-18(22)11-17-15-9-12(2)13(3)10-16(15)19(23)21(17)14-5-7-20-8-6-14/h5-10,17H,4,11H2,1-3H3. The maximum Gasteiger partial charge on any atom is 0.308 e. The number of hydrogen-bond acceptors (Lipinski definition) is 4. The number of esters is 1. The second-order valence-corrected chi connectivity index (χ2v) is 5.93. The quantitative estimate of drug-likeness (QED) is 0.809. The van der Waals surface area contributed by atoms with Crippen molar-refractivity contribution < 1.29 is 14.3 Å². The smallest absolute Gasteiger partial charge is 0.308 e. The molecule has 1 aliphatic rings. The molecule has 0 saturated carbocycles. The number of fused-ring (bicyclic) bond motifs is 1. The van der Waals surface area contributed by atoms with Crippen LogP contribution in [0.4, 0.5) is 5.69 Å². The van der Waals surface area contributed by atoms with Gasteiger partial charge in [-0.1, -0.05) is 6.07 Å². The van der Waals surface area contributed by atoms with Crippen molar-refractivity contribution in [3.8, 4) is 0 Å². The van der Waals surface area contributed by atoms with E-state index < -0.39 is 0 Å². The first-order valence-electron chi connectivity index (χ1n) is 8.03. The summed E-state index contributed by atoms with van der Waals surface area (Å²) in [6.07, 6.45) is 3.42. The van der Waals surface area contributed by atoms with Gasteiger partial charge in [0.1, 0.15) is 0 Å². The van der Waals surface area contributed by atoms with Crippen LogP contribution in [0.25, 0.3) is 0 Å². The molecule has 2 aromatic rings. The lowest BCUT2D eigenvalue weighted by atomic mass is 9.96. The molecule has 124 valence electrons. The predicted octanol–water partition coefficient (Wildman–Crippen LogP) is 3.35. The highest BCUT2D eigenvalue weighted by atomic mass is 16.5. The third kappa shape index (κ3) is 2.77. The molecule has 1 unspecified atom stereocenters. The van der Waals surface area contributed by atoms with Crippen LogP contribution in [0.3, 0.4) is 0 Å². The molecule has 0 bridgehead atoms. The Kier molecular flexibility index (Phi) is 4.34. The fraction of sp³-hybridized carbons (Fsp3) is 0.316. The molecule has 0 fully saturated rings. The van der Waals surface area contributed by atoms with Crippen molar-refractivity contribution in [2.45, 2.75) is 33.2 Å². The van der Waals surface area contributed by atoms with Gasteiger partial charge in [0.2, 0.25) is 0 Å². The van der Waals surface area contributed by atoms with E-state index in [-0.39, 0.29) is 24.3 Å². The number of nitrogens with zero attached hydrogens (tertiary/aromatic N) is 2. The number of amides is 1. The molecule has 0 saturated heterocycles. The number of carbonyl (C=O) groups excluding carboxylic acids is 2. The molecule has 0 N–H and O–H groups in total. The van der Waals surface area contributed by atoms with Crippen LogP contribution in [0, 0.1) is 13.8 Å². The van der Waals surface area contributed by atoms with Crippen LogP contribution in [0.15, 0.2) is 36.7 Å². The van der Waals surface area contributed by atoms with Crippen LogP contribution in [0.1, 0.15) is 46.4 Å². The van der Waals surface area contributed by atoms with Crippen LogP contribution >= 0.6 is 0 Å². The number of ether oxygens (including phenoxy) is 1. The number of benzene rings is 1. The van der Waals surface area contributed by atoms with Crippen molar-refractivity contribution >= 4 is 17.6 Å². The fourth-order valence-corrected chi connectivity index (χ4v) is 3.09. The van der Waals surface area contributed by atoms with Gasteiger partial charge in [-0.05, 0) is 55.7 Å². The molecule has 1 atom stereocenters. The Balaban J connectivity index is 2.07. The highest BCUT2D eigenvalue weighted by Gasteiger charge is 2.39. The highest BCUT2D eigenvalue weighted by molar-refractivity contribution is 6.11. The zero-order chi connectivity index (χ0) is 17.3. The van der Waals surface area contributed by atoms with Gasteiger partial charge in [-0.2, -0.15) is 0 Å². The van der Waals surface area contributed by atoms with E-state index in [1.807, 2.05) is 26.0 Å². The minimum absolute atomic E-state index is 0.0893. The fourth-order valence-electron chi connectivity index (χ4n) is 3.09. The van der Waals surface area contributed by atoms with Crippen molar-refractivity contribution in [3.05, 3.63) is 58.9 Å². The molecular formula is C19H20N2O3. The van der Waals surface area contributed by atoms with E-state index in [0.717, 1.165) is 22.4 Å². The summed E-state index contributed by atoms with van der Waals surface area (Å²) in [5, 5.41) is 0. The maximum atomic E-state index is 13.0. The lowest BCUT2D eigenvalue weighted by molar-refractivity contribution is -0.143. The van der Waals surface area contributed by atoms with Crippen molar-refractivity contribution in [2.75, 3.05) is 11.5 Å². The third-order valence-corrected chi connectivity index (χ3v) is 4.39. The average molecular weight is 324 g/mol. The Hall–Kier alpha value is -2.69. The number of pyridine rings is 1. The summed E-state index contributed by atoms with van der Waals surface area (Å²) in [6, 6.07) is 7.12. The number of aromatic nitrogens is 1. The van der Waals surface area contributed by atoms with Gasteiger partial charge in [0, 0.05) is 23.6 Å². The normalized spacial score (nSPS) is 16.2. The summed E-state index contributed by atoms with van der Waals surface area (Å²) >= 11 is 0. The Morgan fingerprint density at radius 1 is 1.21 bits per heavy atom. The van der Waals surface area contributed by atoms with Crippen LogP contribution in [0.2, 0.25) is 0 Å². The van der Waals surface area contributed by atoms with Gasteiger partial charge in [-0.3, -0.25) is 14.6 Å². The Morgan fingerprint density at radius 3 is 2.54 bits per heavy atom. The van der Waals surface area contributed by atoms with E-state index >= 15 is 0 Å². The zero-order valence-corrected chi connectivity index (χ0v) is 14.1. The molecule has 0 radical (unpaired) electrons. The molecule has 5 heteroatoms. The molecule has 1 aromatic carbocycles. The van der Waals surface area contributed by atoms with E-state index in [0.29, 0.717) is 12.2 Å². The number of hydrogen-bond donors (Lipinski definition) is 0. The number of anilines is 1. The Labute approximate surface area is 141 Å². The number of carbonyl (C=O) groups is 2. The second-order valence-electron chi connectivity index (χ2n) is 5.93. The molecule has 0 aliphatic carbocycles. The maximum absolute atomic E-state index is 13.0. The molecule has 2 heterocycles. The molecule has 3 rings (SSSR count). The number of rotatable bonds is 4. The van der Waals surface area contributed by atoms with Gasteiger partial charge in [0.15, 0.2) is 0 Å². The van der Waals surface area contributed by atoms with Gasteiger partial charge < -0.3 is 9.64 Å². The van der Waals surface area contributed by atoms with Crippen LogP contribution in [-0.4, -0.2) is 23.5 Å². The topological polar surface area (TPSA) is 59.5 Å². The first-order chi connectivity index (χ1) is 11.5. The van der Waals surface area contributed by atoms with Crippen molar-refractivity contribution in [3.63, 3.8) is 0 Å². The average Bonchev–Trinajstić information content (AvgIpc) is 2.81. The largest absolute Gasteiger partial charge is 0.466 e. The van der Waals surface area contributed by atoms with Crippen LogP contribution in [0.5, 0.6) is 0 Å². The van der Waals surface area contributed by atoms with Gasteiger partial charge in [0.05, 0.1) is 19.1 Å². The summed E-state index contributed by atoms with van der Waals surface area (Å²) < 4.78 is 5.10.